The van der Waals surface area contributed by atoms with Crippen LogP contribution in [-0.4, -0.2) is 46.1 Å². The van der Waals surface area contributed by atoms with Gasteiger partial charge in [-0.1, -0.05) is 25.1 Å². The maximum Gasteiger partial charge on any atom is 0.423 e. The number of hydrogen-bond acceptors (Lipinski definition) is 7. The highest BCUT2D eigenvalue weighted by Crippen LogP contribution is 2.30. The molecule has 1 unspecified atom stereocenters. The number of hydrogen-bond donors (Lipinski definition) is 0. The maximum atomic E-state index is 12.3. The summed E-state index contributed by atoms with van der Waals surface area (Å²) in [5.74, 6) is 0.172. The zero-order valence-corrected chi connectivity index (χ0v) is 17.1. The third kappa shape index (κ3) is 5.14. The topological polar surface area (TPSA) is 85.8 Å². The first-order valence-corrected chi connectivity index (χ1v) is 10.2. The molecule has 0 spiro atoms. The van der Waals surface area contributed by atoms with Gasteiger partial charge in [0.1, 0.15) is 5.75 Å². The van der Waals surface area contributed by atoms with E-state index in [0.717, 1.165) is 42.3 Å². The number of amides is 3. The summed E-state index contributed by atoms with van der Waals surface area (Å²) in [6.07, 6.45) is 2.97. The van der Waals surface area contributed by atoms with Crippen LogP contribution in [-0.2, 0) is 28.8 Å². The number of imide groups is 3. The average Bonchev–Trinajstić information content (AvgIpc) is 3.02. The van der Waals surface area contributed by atoms with Gasteiger partial charge < -0.3 is 9.47 Å². The normalized spacial score (nSPS) is 16.2. The lowest BCUT2D eigenvalue weighted by molar-refractivity contribution is -0.125. The van der Waals surface area contributed by atoms with Crippen LogP contribution in [0.1, 0.15) is 23.7 Å². The fraction of sp³-hybridized carbons (Fsp3) is 0.333. The summed E-state index contributed by atoms with van der Waals surface area (Å²) >= 11 is 0.837. The van der Waals surface area contributed by atoms with Crippen LogP contribution in [0.5, 0.6) is 5.75 Å². The molecular formula is C21H22N2O5S. The van der Waals surface area contributed by atoms with E-state index in [9.17, 15) is 14.4 Å². The molecule has 7 nitrogen and oxygen atoms in total. The van der Waals surface area contributed by atoms with E-state index in [4.69, 9.17) is 4.74 Å². The third-order valence-electron chi connectivity index (χ3n) is 4.54. The summed E-state index contributed by atoms with van der Waals surface area (Å²) in [6.45, 7) is 2.61. The molecule has 0 N–H and O–H groups in total. The molecule has 0 aliphatic carbocycles. The number of pyridine rings is 1. The summed E-state index contributed by atoms with van der Waals surface area (Å²) in [4.78, 5) is 40.6. The standard InChI is InChI=1S/C21H22N2O5S/c1-3-14-4-7-16(22-13-14)10-11-28-17-8-5-15(6-9-17)12-18-19(24)23(20(25)27-2)21(26)29-18/h4-9,13,18H,3,10-12H2,1-2H3. The van der Waals surface area contributed by atoms with Crippen LogP contribution in [0.2, 0.25) is 0 Å². The monoisotopic (exact) mass is 414 g/mol. The van der Waals surface area contributed by atoms with E-state index in [1.165, 1.54) is 5.56 Å². The summed E-state index contributed by atoms with van der Waals surface area (Å²) in [5, 5.41) is -1.24. The lowest BCUT2D eigenvalue weighted by Crippen LogP contribution is -2.37. The Morgan fingerprint density at radius 1 is 1.14 bits per heavy atom. The predicted octanol–water partition coefficient (Wildman–Crippen LogP) is 3.64. The minimum Gasteiger partial charge on any atom is -0.493 e. The molecule has 1 aromatic carbocycles. The molecule has 3 amide bonds. The van der Waals surface area contributed by atoms with Crippen molar-refractivity contribution in [3.05, 3.63) is 59.4 Å². The number of rotatable bonds is 7. The molecule has 1 saturated heterocycles. The first kappa shape index (κ1) is 20.9. The highest BCUT2D eigenvalue weighted by molar-refractivity contribution is 8.15. The largest absolute Gasteiger partial charge is 0.493 e. The molecule has 1 aromatic heterocycles. The molecule has 8 heteroatoms. The van der Waals surface area contributed by atoms with E-state index < -0.39 is 22.5 Å². The van der Waals surface area contributed by atoms with Crippen molar-refractivity contribution in [3.63, 3.8) is 0 Å². The van der Waals surface area contributed by atoms with E-state index in [2.05, 4.69) is 22.7 Å². The molecule has 1 aliphatic heterocycles. The number of thioether (sulfide) groups is 1. The van der Waals surface area contributed by atoms with Gasteiger partial charge >= 0.3 is 6.09 Å². The molecular weight excluding hydrogens is 392 g/mol. The van der Waals surface area contributed by atoms with E-state index >= 15 is 0 Å². The summed E-state index contributed by atoms with van der Waals surface area (Å²) in [6, 6.07) is 11.4. The van der Waals surface area contributed by atoms with Gasteiger partial charge in [0.05, 0.1) is 19.0 Å². The number of methoxy groups -OCH3 is 1. The van der Waals surface area contributed by atoms with E-state index in [0.29, 0.717) is 24.3 Å². The van der Waals surface area contributed by atoms with Gasteiger partial charge in [0.2, 0.25) is 0 Å². The second kappa shape index (κ2) is 9.56. The number of benzene rings is 1. The van der Waals surface area contributed by atoms with Gasteiger partial charge in [-0.05, 0) is 53.9 Å². The van der Waals surface area contributed by atoms with Crippen molar-refractivity contribution in [1.29, 1.82) is 0 Å². The van der Waals surface area contributed by atoms with Crippen LogP contribution in [0, 0.1) is 0 Å². The van der Waals surface area contributed by atoms with E-state index in [1.54, 1.807) is 0 Å². The van der Waals surface area contributed by atoms with E-state index in [-0.39, 0.29) is 0 Å². The summed E-state index contributed by atoms with van der Waals surface area (Å²) < 4.78 is 10.2. The Hall–Kier alpha value is -2.87. The molecule has 0 radical (unpaired) electrons. The molecule has 0 saturated carbocycles. The molecule has 1 atom stereocenters. The molecule has 29 heavy (non-hydrogen) atoms. The van der Waals surface area contributed by atoms with Gasteiger partial charge in [0.15, 0.2) is 0 Å². The average molecular weight is 414 g/mol. The number of carbonyl (C=O) groups excluding carboxylic acids is 3. The van der Waals surface area contributed by atoms with Gasteiger partial charge in [0, 0.05) is 18.3 Å². The number of carbonyl (C=O) groups is 3. The maximum absolute atomic E-state index is 12.3. The van der Waals surface area contributed by atoms with Gasteiger partial charge in [-0.15, -0.1) is 0 Å². The molecule has 2 heterocycles. The van der Waals surface area contributed by atoms with Crippen molar-refractivity contribution in [2.24, 2.45) is 0 Å². The van der Waals surface area contributed by atoms with Crippen LogP contribution in [0.4, 0.5) is 9.59 Å². The number of nitrogens with zero attached hydrogens (tertiary/aromatic N) is 2. The second-order valence-corrected chi connectivity index (χ2v) is 7.63. The molecule has 3 rings (SSSR count). The van der Waals surface area contributed by atoms with Gasteiger partial charge in [-0.3, -0.25) is 14.6 Å². The van der Waals surface area contributed by atoms with Gasteiger partial charge in [-0.2, -0.15) is 4.90 Å². The highest BCUT2D eigenvalue weighted by Gasteiger charge is 2.44. The van der Waals surface area contributed by atoms with Crippen molar-refractivity contribution in [2.75, 3.05) is 13.7 Å². The quantitative estimate of drug-likeness (QED) is 0.684. The van der Waals surface area contributed by atoms with Crippen molar-refractivity contribution in [2.45, 2.75) is 31.4 Å². The molecule has 0 bridgehead atoms. The highest BCUT2D eigenvalue weighted by atomic mass is 32.2. The van der Waals surface area contributed by atoms with Crippen molar-refractivity contribution in [1.82, 2.24) is 9.88 Å². The van der Waals surface area contributed by atoms with Crippen molar-refractivity contribution < 1.29 is 23.9 Å². The van der Waals surface area contributed by atoms with Gasteiger partial charge in [-0.25, -0.2) is 4.79 Å². The Bertz CT molecular complexity index is 883. The third-order valence-corrected chi connectivity index (χ3v) is 5.58. The number of aryl methyl sites for hydroxylation is 1. The van der Waals surface area contributed by atoms with Crippen LogP contribution in [0.15, 0.2) is 42.6 Å². The molecule has 1 aliphatic rings. The second-order valence-electron chi connectivity index (χ2n) is 6.47. The Kier molecular flexibility index (Phi) is 6.87. The fourth-order valence-electron chi connectivity index (χ4n) is 2.86. The lowest BCUT2D eigenvalue weighted by Gasteiger charge is -2.11. The smallest absolute Gasteiger partial charge is 0.423 e. The lowest BCUT2D eigenvalue weighted by atomic mass is 10.1. The summed E-state index contributed by atoms with van der Waals surface area (Å²) in [7, 11) is 1.13. The summed E-state index contributed by atoms with van der Waals surface area (Å²) in [5.41, 5.74) is 3.07. The minimum absolute atomic E-state index is 0.344. The Morgan fingerprint density at radius 3 is 2.48 bits per heavy atom. The van der Waals surface area contributed by atoms with Crippen LogP contribution >= 0.6 is 11.8 Å². The van der Waals surface area contributed by atoms with Crippen LogP contribution in [0.3, 0.4) is 0 Å². The van der Waals surface area contributed by atoms with Gasteiger partial charge in [0.25, 0.3) is 11.1 Å². The van der Waals surface area contributed by atoms with Crippen molar-refractivity contribution >= 4 is 29.0 Å². The Labute approximate surface area is 173 Å². The molecule has 2 aromatic rings. The molecule has 152 valence electrons. The van der Waals surface area contributed by atoms with Crippen molar-refractivity contribution in [3.8, 4) is 5.75 Å². The minimum atomic E-state index is -0.947. The molecule has 1 fully saturated rings. The zero-order valence-electron chi connectivity index (χ0n) is 16.3. The SMILES string of the molecule is CCc1ccc(CCOc2ccc(CC3SC(=O)N(C(=O)OC)C3=O)cc2)nc1. The number of aromatic nitrogens is 1. The Morgan fingerprint density at radius 2 is 1.86 bits per heavy atom. The predicted molar refractivity (Wildman–Crippen MR) is 109 cm³/mol. The fourth-order valence-corrected chi connectivity index (χ4v) is 3.86. The zero-order chi connectivity index (χ0) is 20.8. The van der Waals surface area contributed by atoms with E-state index in [1.807, 2.05) is 36.5 Å². The first-order chi connectivity index (χ1) is 14.0. The van der Waals surface area contributed by atoms with Crippen LogP contribution < -0.4 is 4.74 Å². The first-order valence-electron chi connectivity index (χ1n) is 9.30. The van der Waals surface area contributed by atoms with Crippen LogP contribution in [0.25, 0.3) is 0 Å². The Balaban J connectivity index is 1.50. The number of ether oxygens (including phenoxy) is 2.